The van der Waals surface area contributed by atoms with Crippen molar-refractivity contribution >= 4 is 28.5 Å². The first-order valence-electron chi connectivity index (χ1n) is 19.6. The number of rotatable bonds is 14. The molecule has 0 spiro atoms. The van der Waals surface area contributed by atoms with E-state index in [-0.39, 0.29) is 10.8 Å². The van der Waals surface area contributed by atoms with E-state index in [1.54, 1.807) is 28.4 Å². The van der Waals surface area contributed by atoms with Gasteiger partial charge in [0.1, 0.15) is 18.1 Å². The molecular weight excluding hydrogens is 695 g/mol. The molecule has 0 radical (unpaired) electrons. The molecule has 0 amide bonds. The second-order valence-electron chi connectivity index (χ2n) is 15.6. The molecule has 2 aliphatic heterocycles. The summed E-state index contributed by atoms with van der Waals surface area (Å²) in [5.41, 5.74) is 13.0. The third-order valence-corrected chi connectivity index (χ3v) is 11.6. The number of allylic oxidation sites excluding steroid dienone is 7. The molecule has 0 bridgehead atoms. The van der Waals surface area contributed by atoms with Gasteiger partial charge in [0.15, 0.2) is 12.3 Å². The van der Waals surface area contributed by atoms with Gasteiger partial charge in [-0.2, -0.15) is 4.58 Å². The summed E-state index contributed by atoms with van der Waals surface area (Å²) in [7, 11) is 7.01. The molecule has 3 aliphatic rings. The van der Waals surface area contributed by atoms with E-state index < -0.39 is 0 Å². The van der Waals surface area contributed by atoms with Gasteiger partial charge in [-0.3, -0.25) is 0 Å². The fourth-order valence-corrected chi connectivity index (χ4v) is 8.65. The zero-order valence-corrected chi connectivity index (χ0v) is 34.3. The predicted octanol–water partition coefficient (Wildman–Crippen LogP) is 10.4. The van der Waals surface area contributed by atoms with Crippen LogP contribution in [0.25, 0.3) is 0 Å². The second-order valence-corrected chi connectivity index (χ2v) is 15.6. The van der Waals surface area contributed by atoms with Gasteiger partial charge in [-0.1, -0.05) is 62.4 Å². The van der Waals surface area contributed by atoms with Gasteiger partial charge < -0.3 is 28.7 Å². The molecule has 56 heavy (non-hydrogen) atoms. The smallest absolute Gasteiger partial charge is 0.210 e. The Morgan fingerprint density at radius 3 is 1.93 bits per heavy atom. The summed E-state index contributed by atoms with van der Waals surface area (Å²) in [6.45, 7) is 12.0. The first kappa shape index (κ1) is 38.9. The minimum Gasteiger partial charge on any atom is -0.497 e. The van der Waals surface area contributed by atoms with Gasteiger partial charge in [0.05, 0.1) is 31.9 Å². The van der Waals surface area contributed by atoms with Crippen molar-refractivity contribution < 1.29 is 23.5 Å². The maximum absolute atomic E-state index is 5.68. The summed E-state index contributed by atoms with van der Waals surface area (Å²) in [6.07, 6.45) is 11.3. The normalized spacial score (nSPS) is 18.4. The number of anilines is 3. The number of methoxy groups -OCH3 is 4. The average Bonchev–Trinajstić information content (AvgIpc) is 3.78. The van der Waals surface area contributed by atoms with E-state index in [0.29, 0.717) is 13.2 Å². The molecule has 4 aromatic carbocycles. The molecule has 0 aromatic heterocycles. The third-order valence-electron chi connectivity index (χ3n) is 11.6. The Kier molecular flexibility index (Phi) is 11.4. The van der Waals surface area contributed by atoms with Gasteiger partial charge in [0.2, 0.25) is 5.69 Å². The highest BCUT2D eigenvalue weighted by atomic mass is 16.5. The number of ether oxygens (including phenoxy) is 4. The van der Waals surface area contributed by atoms with Gasteiger partial charge in [0.25, 0.3) is 0 Å². The lowest BCUT2D eigenvalue weighted by molar-refractivity contribution is -0.441. The molecule has 4 aromatic rings. The van der Waals surface area contributed by atoms with Crippen molar-refractivity contribution in [1.82, 2.24) is 0 Å². The molecule has 0 N–H and O–H groups in total. The van der Waals surface area contributed by atoms with Crippen LogP contribution in [0.1, 0.15) is 51.7 Å². The number of nitrogens with zero attached hydrogens (tertiary/aromatic N) is 3. The molecule has 0 unspecified atom stereocenters. The van der Waals surface area contributed by atoms with E-state index in [2.05, 4.69) is 163 Å². The molecule has 290 valence electrons. The van der Waals surface area contributed by atoms with Crippen LogP contribution in [-0.2, 0) is 20.3 Å². The quantitative estimate of drug-likeness (QED) is 0.120. The van der Waals surface area contributed by atoms with E-state index in [0.717, 1.165) is 48.8 Å². The van der Waals surface area contributed by atoms with Gasteiger partial charge in [-0.25, -0.2) is 0 Å². The summed E-state index contributed by atoms with van der Waals surface area (Å²) in [4.78, 5) is 4.85. The average molecular weight is 751 g/mol. The SMILES string of the molecule is COCCN1C(=CC=C2CCC(C=CC3=[N+](CCOC)c4ccc(OC)cc4C3(C)C)=C2N(c2ccccc2)c2ccccc2)C(C)(C)c2cc(OC)ccc21. The second kappa shape index (κ2) is 16.4. The van der Waals surface area contributed by atoms with Crippen LogP contribution in [0.4, 0.5) is 22.7 Å². The van der Waals surface area contributed by atoms with Crippen molar-refractivity contribution in [2.24, 2.45) is 0 Å². The lowest BCUT2D eigenvalue weighted by Crippen LogP contribution is -2.29. The molecule has 0 saturated heterocycles. The van der Waals surface area contributed by atoms with E-state index >= 15 is 0 Å². The van der Waals surface area contributed by atoms with Crippen LogP contribution in [0.3, 0.4) is 0 Å². The monoisotopic (exact) mass is 750 g/mol. The Morgan fingerprint density at radius 1 is 0.679 bits per heavy atom. The van der Waals surface area contributed by atoms with Crippen LogP contribution < -0.4 is 19.3 Å². The third kappa shape index (κ3) is 7.22. The van der Waals surface area contributed by atoms with E-state index in [9.17, 15) is 0 Å². The van der Waals surface area contributed by atoms with Gasteiger partial charge in [0, 0.05) is 66.6 Å². The van der Waals surface area contributed by atoms with Crippen molar-refractivity contribution in [3.8, 4) is 11.5 Å². The topological polar surface area (TPSA) is 46.4 Å². The maximum Gasteiger partial charge on any atom is 0.210 e. The van der Waals surface area contributed by atoms with E-state index in [4.69, 9.17) is 18.9 Å². The molecule has 0 saturated carbocycles. The van der Waals surface area contributed by atoms with Crippen LogP contribution in [0.2, 0.25) is 0 Å². The molecule has 0 fully saturated rings. The predicted molar refractivity (Wildman–Crippen MR) is 230 cm³/mol. The van der Waals surface area contributed by atoms with Crippen molar-refractivity contribution in [2.75, 3.05) is 64.5 Å². The number of hydrogen-bond donors (Lipinski definition) is 0. The minimum absolute atomic E-state index is 0.244. The van der Waals surface area contributed by atoms with Crippen LogP contribution in [0, 0.1) is 0 Å². The Labute approximate surface area is 333 Å². The highest BCUT2D eigenvalue weighted by Crippen LogP contribution is 2.50. The largest absolute Gasteiger partial charge is 0.497 e. The zero-order chi connectivity index (χ0) is 39.5. The molecule has 7 rings (SSSR count). The number of fused-ring (bicyclic) bond motifs is 2. The van der Waals surface area contributed by atoms with Crippen molar-refractivity contribution in [3.63, 3.8) is 0 Å². The first-order chi connectivity index (χ1) is 27.1. The lowest BCUT2D eigenvalue weighted by Gasteiger charge is -2.29. The molecule has 7 heteroatoms. The summed E-state index contributed by atoms with van der Waals surface area (Å²) in [5.74, 6) is 1.74. The van der Waals surface area contributed by atoms with Crippen LogP contribution in [0.5, 0.6) is 11.5 Å². The summed E-state index contributed by atoms with van der Waals surface area (Å²) in [6, 6.07) is 34.3. The Hall–Kier alpha value is -5.37. The number of para-hydroxylation sites is 2. The Bertz CT molecular complexity index is 2170. The molecular formula is C49H56N3O4+. The van der Waals surface area contributed by atoms with E-state index in [1.807, 2.05) is 0 Å². The number of benzene rings is 4. The standard InChI is InChI=1S/C49H56N3O4/c1-48(2)41-33-39(55-7)23-25-43(41)50(29-31-53-5)45(48)27-21-35-19-20-36(47(35)52(37-15-11-9-12-16-37)38-17-13-10-14-18-38)22-28-46-49(3,4)42-34-40(56-8)24-26-44(42)51(46)30-32-54-6/h9-18,21-28,33-34H,19-20,29-32H2,1-8H3/q+1. The fraction of sp³-hybridized carbons (Fsp3) is 0.327. The summed E-state index contributed by atoms with van der Waals surface area (Å²) in [5, 5.41) is 0. The van der Waals surface area contributed by atoms with Crippen LogP contribution >= 0.6 is 0 Å². The van der Waals surface area contributed by atoms with Gasteiger partial charge in [-0.15, -0.1) is 0 Å². The summed E-state index contributed by atoms with van der Waals surface area (Å²) >= 11 is 0. The lowest BCUT2D eigenvalue weighted by atomic mass is 9.81. The van der Waals surface area contributed by atoms with Crippen LogP contribution in [0.15, 0.2) is 144 Å². The summed E-state index contributed by atoms with van der Waals surface area (Å²) < 4.78 is 25.0. The molecule has 2 heterocycles. The molecule has 0 atom stereocenters. The fourth-order valence-electron chi connectivity index (χ4n) is 8.65. The van der Waals surface area contributed by atoms with Gasteiger partial charge >= 0.3 is 0 Å². The van der Waals surface area contributed by atoms with Crippen LogP contribution in [-0.4, -0.2) is 65.0 Å². The zero-order valence-electron chi connectivity index (χ0n) is 34.3. The Morgan fingerprint density at radius 2 is 1.30 bits per heavy atom. The van der Waals surface area contributed by atoms with Crippen molar-refractivity contribution in [2.45, 2.75) is 51.4 Å². The highest BCUT2D eigenvalue weighted by molar-refractivity contribution is 6.03. The van der Waals surface area contributed by atoms with Crippen molar-refractivity contribution in [3.05, 3.63) is 155 Å². The van der Waals surface area contributed by atoms with Crippen molar-refractivity contribution in [1.29, 1.82) is 0 Å². The molecule has 7 nitrogen and oxygen atoms in total. The minimum atomic E-state index is -0.244. The Balaban J connectivity index is 1.40. The van der Waals surface area contributed by atoms with E-state index in [1.165, 1.54) is 50.8 Å². The first-order valence-corrected chi connectivity index (χ1v) is 19.6. The number of hydrogen-bond acceptors (Lipinski definition) is 6. The maximum atomic E-state index is 5.68. The highest BCUT2D eigenvalue weighted by Gasteiger charge is 2.45. The molecule has 1 aliphatic carbocycles. The van der Waals surface area contributed by atoms with Gasteiger partial charge in [-0.05, 0) is 104 Å².